The molecule has 0 saturated heterocycles. The summed E-state index contributed by atoms with van der Waals surface area (Å²) in [5.74, 6) is 0. The van der Waals surface area contributed by atoms with E-state index in [1.54, 1.807) is 0 Å². The van der Waals surface area contributed by atoms with Crippen molar-refractivity contribution in [3.8, 4) is 0 Å². The highest BCUT2D eigenvalue weighted by Crippen LogP contribution is 2.48. The number of fused-ring (bicyclic) bond motifs is 4. The van der Waals surface area contributed by atoms with Crippen LogP contribution in [-0.2, 0) is 21.7 Å². The van der Waals surface area contributed by atoms with Gasteiger partial charge >= 0.3 is 0 Å². The highest BCUT2D eigenvalue weighted by atomic mass is 15.2. The fourth-order valence-electron chi connectivity index (χ4n) is 11.4. The number of nitrogens with zero attached hydrogens (tertiary/aromatic N) is 2. The Labute approximate surface area is 411 Å². The van der Waals surface area contributed by atoms with E-state index in [4.69, 9.17) is 0 Å². The van der Waals surface area contributed by atoms with Crippen LogP contribution in [0.3, 0.4) is 0 Å². The Hall–Kier alpha value is -7.36. The van der Waals surface area contributed by atoms with E-state index in [1.807, 2.05) is 0 Å². The Morgan fingerprint density at radius 2 is 0.522 bits per heavy atom. The summed E-state index contributed by atoms with van der Waals surface area (Å²) in [7, 11) is 0. The maximum Gasteiger partial charge on any atom is 0.252 e. The SMILES string of the molecule is CC(C)(c1ccccc1)c1cc(N2c3ccccc3B3c4ccccc4N(c4cc(C(C)(C)c5ccccc5)cc(C(C)(C)c5ccccc5)c4)c4cccc2c43)cc(C(C)(C)c2ccccc2)c1. The molecule has 0 bridgehead atoms. The van der Waals surface area contributed by atoms with Crippen LogP contribution in [0.2, 0.25) is 0 Å². The number of hydrogen-bond donors (Lipinski definition) is 0. The normalized spacial score (nSPS) is 13.4. The lowest BCUT2D eigenvalue weighted by Crippen LogP contribution is -2.61. The molecule has 338 valence electrons. The van der Waals surface area contributed by atoms with Gasteiger partial charge in [-0.05, 0) is 109 Å². The zero-order valence-corrected chi connectivity index (χ0v) is 41.3. The van der Waals surface area contributed by atoms with E-state index >= 15 is 0 Å². The quantitative estimate of drug-likeness (QED) is 0.126. The van der Waals surface area contributed by atoms with Gasteiger partial charge in [0.05, 0.1) is 0 Å². The molecule has 0 spiro atoms. The third-order valence-corrected chi connectivity index (χ3v) is 16.0. The second kappa shape index (κ2) is 16.7. The molecule has 0 N–H and O–H groups in total. The van der Waals surface area contributed by atoms with Crippen LogP contribution < -0.4 is 26.2 Å². The Morgan fingerprint density at radius 1 is 0.261 bits per heavy atom. The Balaban J connectivity index is 1.17. The van der Waals surface area contributed by atoms with E-state index in [1.165, 1.54) is 95.0 Å². The summed E-state index contributed by atoms with van der Waals surface area (Å²) in [5, 5.41) is 0. The van der Waals surface area contributed by atoms with Gasteiger partial charge in [0.15, 0.2) is 0 Å². The van der Waals surface area contributed by atoms with Crippen molar-refractivity contribution >= 4 is 57.2 Å². The minimum Gasteiger partial charge on any atom is -0.311 e. The molecule has 2 aliphatic heterocycles. The van der Waals surface area contributed by atoms with Crippen molar-refractivity contribution in [2.75, 3.05) is 9.80 Å². The monoisotopic (exact) mass is 892 g/mol. The predicted octanol–water partition coefficient (Wildman–Crippen LogP) is 15.1. The lowest BCUT2D eigenvalue weighted by Gasteiger charge is -2.45. The van der Waals surface area contributed by atoms with E-state index in [-0.39, 0.29) is 28.4 Å². The van der Waals surface area contributed by atoms with E-state index in [9.17, 15) is 0 Å². The van der Waals surface area contributed by atoms with E-state index in [0.29, 0.717) is 0 Å². The van der Waals surface area contributed by atoms with Crippen LogP contribution in [0.5, 0.6) is 0 Å². The van der Waals surface area contributed by atoms with Gasteiger partial charge in [-0.25, -0.2) is 0 Å². The molecule has 2 nitrogen and oxygen atoms in total. The summed E-state index contributed by atoms with van der Waals surface area (Å²) in [6.07, 6.45) is 0. The number of para-hydroxylation sites is 2. The fraction of sp³-hybridized carbons (Fsp3) is 0.182. The first-order valence-electron chi connectivity index (χ1n) is 24.7. The number of hydrogen-bond acceptors (Lipinski definition) is 2. The largest absolute Gasteiger partial charge is 0.311 e. The fourth-order valence-corrected chi connectivity index (χ4v) is 11.4. The minimum atomic E-state index is -0.272. The van der Waals surface area contributed by atoms with E-state index in [0.717, 1.165) is 0 Å². The van der Waals surface area contributed by atoms with Crippen molar-refractivity contribution in [1.82, 2.24) is 0 Å². The van der Waals surface area contributed by atoms with Gasteiger partial charge in [0.2, 0.25) is 0 Å². The van der Waals surface area contributed by atoms with Crippen LogP contribution in [0, 0.1) is 0 Å². The highest BCUT2D eigenvalue weighted by molar-refractivity contribution is 7.00. The van der Waals surface area contributed by atoms with E-state index < -0.39 is 0 Å². The summed E-state index contributed by atoms with van der Waals surface area (Å²) < 4.78 is 0. The molecule has 0 fully saturated rings. The molecular formula is C66H61BN2. The summed E-state index contributed by atoms with van der Waals surface area (Å²) in [6, 6.07) is 84.1. The molecule has 0 atom stereocenters. The lowest BCUT2D eigenvalue weighted by molar-refractivity contribution is 0.617. The Morgan fingerprint density at radius 3 is 0.826 bits per heavy atom. The van der Waals surface area contributed by atoms with Gasteiger partial charge in [0.1, 0.15) is 0 Å². The molecule has 9 aromatic rings. The average molecular weight is 893 g/mol. The molecule has 0 radical (unpaired) electrons. The molecule has 9 aromatic carbocycles. The van der Waals surface area contributed by atoms with Gasteiger partial charge in [-0.15, -0.1) is 0 Å². The summed E-state index contributed by atoms with van der Waals surface area (Å²) >= 11 is 0. The highest BCUT2D eigenvalue weighted by Gasteiger charge is 2.44. The van der Waals surface area contributed by atoms with Crippen molar-refractivity contribution < 1.29 is 0 Å². The van der Waals surface area contributed by atoms with Gasteiger partial charge < -0.3 is 9.80 Å². The summed E-state index contributed by atoms with van der Waals surface area (Å²) in [5.41, 5.74) is 20.3. The van der Waals surface area contributed by atoms with Crippen LogP contribution in [0.4, 0.5) is 34.1 Å². The first kappa shape index (κ1) is 44.2. The van der Waals surface area contributed by atoms with Gasteiger partial charge in [-0.3, -0.25) is 0 Å². The van der Waals surface area contributed by atoms with Crippen molar-refractivity contribution in [3.63, 3.8) is 0 Å². The van der Waals surface area contributed by atoms with Gasteiger partial charge in [-0.1, -0.05) is 231 Å². The van der Waals surface area contributed by atoms with Crippen molar-refractivity contribution in [1.29, 1.82) is 0 Å². The number of rotatable bonds is 10. The summed E-state index contributed by atoms with van der Waals surface area (Å²) in [6.45, 7) is 19.0. The molecule has 2 heterocycles. The standard InChI is InChI=1S/C66H61BN2/c1-63(2,46-26-13-9-14-27-46)50-40-51(64(3,4)47-28-15-10-16-29-47)43-54(42-50)68-58-36-23-21-34-56(58)67-57-35-22-24-37-59(57)69(61-39-25-38-60(68)62(61)67)55-44-52(65(5,6)48-30-17-11-18-31-48)41-53(45-55)66(7,8)49-32-19-12-20-33-49/h9-45H,1-8H3. The Bertz CT molecular complexity index is 2970. The zero-order chi connectivity index (χ0) is 47.7. The molecule has 0 amide bonds. The third-order valence-electron chi connectivity index (χ3n) is 16.0. The molecule has 0 aliphatic carbocycles. The van der Waals surface area contributed by atoms with Crippen LogP contribution in [0.15, 0.2) is 224 Å². The molecule has 2 aliphatic rings. The molecule has 69 heavy (non-hydrogen) atoms. The number of benzene rings is 9. The van der Waals surface area contributed by atoms with Gasteiger partial charge in [0.25, 0.3) is 6.71 Å². The average Bonchev–Trinajstić information content (AvgIpc) is 3.39. The van der Waals surface area contributed by atoms with Crippen LogP contribution in [0.25, 0.3) is 0 Å². The van der Waals surface area contributed by atoms with Crippen molar-refractivity contribution in [2.24, 2.45) is 0 Å². The zero-order valence-electron chi connectivity index (χ0n) is 41.3. The third kappa shape index (κ3) is 7.33. The molecule has 0 unspecified atom stereocenters. The maximum atomic E-state index is 2.57. The molecule has 11 rings (SSSR count). The lowest BCUT2D eigenvalue weighted by atomic mass is 9.33. The van der Waals surface area contributed by atoms with Crippen LogP contribution >= 0.6 is 0 Å². The minimum absolute atomic E-state index is 0.0319. The number of anilines is 6. The van der Waals surface area contributed by atoms with Crippen LogP contribution in [-0.4, -0.2) is 6.71 Å². The second-order valence-electron chi connectivity index (χ2n) is 21.4. The molecule has 0 saturated carbocycles. The maximum absolute atomic E-state index is 2.57. The van der Waals surface area contributed by atoms with Crippen LogP contribution in [0.1, 0.15) is 99.9 Å². The first-order valence-corrected chi connectivity index (χ1v) is 24.7. The molecule has 0 aromatic heterocycles. The first-order chi connectivity index (χ1) is 33.3. The topological polar surface area (TPSA) is 6.48 Å². The molecule has 3 heteroatoms. The van der Waals surface area contributed by atoms with Gasteiger partial charge in [0, 0.05) is 55.8 Å². The van der Waals surface area contributed by atoms with Crippen molar-refractivity contribution in [3.05, 3.63) is 269 Å². The summed E-state index contributed by atoms with van der Waals surface area (Å²) in [4.78, 5) is 5.15. The second-order valence-corrected chi connectivity index (χ2v) is 21.4. The van der Waals surface area contributed by atoms with E-state index in [2.05, 4.69) is 290 Å². The van der Waals surface area contributed by atoms with Gasteiger partial charge in [-0.2, -0.15) is 0 Å². The molecular weight excluding hydrogens is 832 g/mol. The predicted molar refractivity (Wildman–Crippen MR) is 295 cm³/mol. The van der Waals surface area contributed by atoms with Crippen molar-refractivity contribution in [2.45, 2.75) is 77.0 Å². The Kier molecular flexibility index (Phi) is 10.7. The smallest absolute Gasteiger partial charge is 0.252 e.